The zero-order valence-electron chi connectivity index (χ0n) is 18.3. The van der Waals surface area contributed by atoms with Crippen LogP contribution < -0.4 is 9.62 Å². The summed E-state index contributed by atoms with van der Waals surface area (Å²) < 4.78 is 25.9. The molecule has 5 nitrogen and oxygen atoms in total. The van der Waals surface area contributed by atoms with Crippen molar-refractivity contribution in [1.82, 2.24) is 5.32 Å². The van der Waals surface area contributed by atoms with Gasteiger partial charge in [0.05, 0.1) is 11.9 Å². The van der Waals surface area contributed by atoms with E-state index in [0.717, 1.165) is 22.6 Å². The number of carbonyl (C=O) groups is 1. The summed E-state index contributed by atoms with van der Waals surface area (Å²) in [5.74, 6) is 1.73. The summed E-state index contributed by atoms with van der Waals surface area (Å²) in [6.07, 6.45) is 1.99. The van der Waals surface area contributed by atoms with Gasteiger partial charge in [-0.05, 0) is 49.9 Å². The fourth-order valence-electron chi connectivity index (χ4n) is 3.08. The lowest BCUT2D eigenvalue weighted by molar-refractivity contribution is -0.121. The summed E-state index contributed by atoms with van der Waals surface area (Å²) in [7, 11) is -3.41. The predicted octanol–water partition coefficient (Wildman–Crippen LogP) is 4.21. The number of rotatable bonds is 11. The smallest absolute Gasteiger partial charge is 0.232 e. The molecule has 1 N–H and O–H groups in total. The maximum absolute atomic E-state index is 12.3. The number of carbonyl (C=O) groups excluding carboxylic acids is 1. The van der Waals surface area contributed by atoms with E-state index in [-0.39, 0.29) is 5.91 Å². The number of amides is 1. The van der Waals surface area contributed by atoms with Crippen molar-refractivity contribution in [2.24, 2.45) is 0 Å². The highest BCUT2D eigenvalue weighted by Gasteiger charge is 2.19. The lowest BCUT2D eigenvalue weighted by atomic mass is 10.1. The first-order chi connectivity index (χ1) is 14.2. The molecule has 0 saturated heterocycles. The van der Waals surface area contributed by atoms with Gasteiger partial charge in [-0.1, -0.05) is 42.0 Å². The zero-order chi connectivity index (χ0) is 22.1. The van der Waals surface area contributed by atoms with Gasteiger partial charge in [-0.2, -0.15) is 11.8 Å². The van der Waals surface area contributed by atoms with E-state index >= 15 is 0 Å². The third-order valence-electron chi connectivity index (χ3n) is 4.97. The number of nitrogens with one attached hydrogen (secondary N) is 1. The highest BCUT2D eigenvalue weighted by atomic mass is 32.2. The van der Waals surface area contributed by atoms with Crippen molar-refractivity contribution in [3.05, 3.63) is 64.7 Å². The summed E-state index contributed by atoms with van der Waals surface area (Å²) in [5.41, 5.74) is 5.21. The molecule has 2 aromatic rings. The molecule has 0 aromatic heterocycles. The van der Waals surface area contributed by atoms with Crippen molar-refractivity contribution >= 4 is 33.4 Å². The molecule has 7 heteroatoms. The van der Waals surface area contributed by atoms with E-state index in [0.29, 0.717) is 31.6 Å². The van der Waals surface area contributed by atoms with Crippen molar-refractivity contribution in [3.63, 3.8) is 0 Å². The molecule has 164 valence electrons. The molecular formula is C23H32N2O3S2. The zero-order valence-corrected chi connectivity index (χ0v) is 19.9. The number of aryl methyl sites for hydroxylation is 2. The predicted molar refractivity (Wildman–Crippen MR) is 128 cm³/mol. The topological polar surface area (TPSA) is 66.5 Å². The third kappa shape index (κ3) is 7.69. The van der Waals surface area contributed by atoms with E-state index in [1.54, 1.807) is 11.8 Å². The number of anilines is 1. The van der Waals surface area contributed by atoms with Crippen LogP contribution in [0.15, 0.2) is 42.5 Å². The second-order valence-corrected chi connectivity index (χ2v) is 10.6. The van der Waals surface area contributed by atoms with Gasteiger partial charge in [0.25, 0.3) is 0 Å². The van der Waals surface area contributed by atoms with Gasteiger partial charge in [-0.15, -0.1) is 0 Å². The van der Waals surface area contributed by atoms with E-state index in [9.17, 15) is 13.2 Å². The molecule has 0 aliphatic heterocycles. The van der Waals surface area contributed by atoms with Gasteiger partial charge < -0.3 is 5.32 Å². The number of sulfonamides is 1. The molecule has 0 unspecified atom stereocenters. The maximum Gasteiger partial charge on any atom is 0.232 e. The first-order valence-corrected chi connectivity index (χ1v) is 13.1. The molecule has 1 amide bonds. The van der Waals surface area contributed by atoms with E-state index in [1.807, 2.05) is 32.0 Å². The highest BCUT2D eigenvalue weighted by molar-refractivity contribution is 7.98. The third-order valence-corrected chi connectivity index (χ3v) is 7.18. The molecule has 0 spiro atoms. The van der Waals surface area contributed by atoms with Gasteiger partial charge in [0, 0.05) is 31.0 Å². The van der Waals surface area contributed by atoms with Crippen LogP contribution >= 0.6 is 11.8 Å². The average molecular weight is 449 g/mol. The molecule has 0 radical (unpaired) electrons. The molecule has 0 fully saturated rings. The van der Waals surface area contributed by atoms with Crippen molar-refractivity contribution < 1.29 is 13.2 Å². The Labute approximate surface area is 185 Å². The summed E-state index contributed by atoms with van der Waals surface area (Å²) in [4.78, 5) is 12.1. The Morgan fingerprint density at radius 1 is 1.07 bits per heavy atom. The molecule has 0 heterocycles. The lowest BCUT2D eigenvalue weighted by Crippen LogP contribution is -2.33. The fourth-order valence-corrected chi connectivity index (χ4v) is 4.91. The Morgan fingerprint density at radius 2 is 1.77 bits per heavy atom. The van der Waals surface area contributed by atoms with E-state index in [4.69, 9.17) is 0 Å². The molecule has 0 atom stereocenters. The Kier molecular flexibility index (Phi) is 9.24. The molecule has 0 aliphatic carbocycles. The molecule has 2 rings (SSSR count). The minimum atomic E-state index is -3.41. The lowest BCUT2D eigenvalue weighted by Gasteiger charge is -2.24. The summed E-state index contributed by atoms with van der Waals surface area (Å²) >= 11 is 1.78. The van der Waals surface area contributed by atoms with Crippen LogP contribution in [-0.2, 0) is 20.6 Å². The van der Waals surface area contributed by atoms with Crippen LogP contribution in [-0.4, -0.2) is 39.4 Å². The quantitative estimate of drug-likeness (QED) is 0.523. The number of hydrogen-bond donors (Lipinski definition) is 1. The van der Waals surface area contributed by atoms with Crippen molar-refractivity contribution in [2.75, 3.05) is 29.4 Å². The average Bonchev–Trinajstić information content (AvgIpc) is 2.68. The van der Waals surface area contributed by atoms with Gasteiger partial charge in [-0.3, -0.25) is 9.10 Å². The Morgan fingerprint density at radius 3 is 2.43 bits per heavy atom. The molecule has 30 heavy (non-hydrogen) atoms. The monoisotopic (exact) mass is 448 g/mol. The van der Waals surface area contributed by atoms with Crippen LogP contribution in [0.5, 0.6) is 0 Å². The van der Waals surface area contributed by atoms with Crippen LogP contribution in [0.3, 0.4) is 0 Å². The standard InChI is InChI=1S/C23H32N2O3S2/c1-18-10-12-21(13-11-18)17-29-16-14-24-23(26)9-6-15-25(30(4,27)28)22-8-5-7-19(2)20(22)3/h5,7-8,10-13H,6,9,14-17H2,1-4H3,(H,24,26). The van der Waals surface area contributed by atoms with E-state index < -0.39 is 10.0 Å². The van der Waals surface area contributed by atoms with E-state index in [2.05, 4.69) is 36.5 Å². The van der Waals surface area contributed by atoms with Crippen molar-refractivity contribution in [2.45, 2.75) is 39.4 Å². The van der Waals surface area contributed by atoms with Gasteiger partial charge in [-0.25, -0.2) is 8.42 Å². The number of hydrogen-bond acceptors (Lipinski definition) is 4. The van der Waals surface area contributed by atoms with Crippen molar-refractivity contribution in [3.8, 4) is 0 Å². The normalized spacial score (nSPS) is 11.3. The SMILES string of the molecule is Cc1ccc(CSCCNC(=O)CCCN(c2cccc(C)c2C)S(C)(=O)=O)cc1. The summed E-state index contributed by atoms with van der Waals surface area (Å²) in [5, 5.41) is 2.92. The molecular weight excluding hydrogens is 416 g/mol. The van der Waals surface area contributed by atoms with Gasteiger partial charge in [0.1, 0.15) is 0 Å². The number of benzene rings is 2. The van der Waals surface area contributed by atoms with Crippen LogP contribution in [0.1, 0.15) is 35.1 Å². The Bertz CT molecular complexity index is 941. The van der Waals surface area contributed by atoms with Crippen LogP contribution in [0.2, 0.25) is 0 Å². The van der Waals surface area contributed by atoms with Gasteiger partial charge in [0.2, 0.25) is 15.9 Å². The molecule has 0 aliphatic rings. The summed E-state index contributed by atoms with van der Waals surface area (Å²) in [6, 6.07) is 14.1. The largest absolute Gasteiger partial charge is 0.355 e. The Balaban J connectivity index is 1.73. The summed E-state index contributed by atoms with van der Waals surface area (Å²) in [6.45, 7) is 6.86. The maximum atomic E-state index is 12.3. The Hall–Kier alpha value is -1.99. The first kappa shape index (κ1) is 24.3. The minimum absolute atomic E-state index is 0.0413. The fraction of sp³-hybridized carbons (Fsp3) is 0.435. The number of nitrogens with zero attached hydrogens (tertiary/aromatic N) is 1. The second-order valence-electron chi connectivity index (χ2n) is 7.55. The minimum Gasteiger partial charge on any atom is -0.355 e. The van der Waals surface area contributed by atoms with Crippen LogP contribution in [0, 0.1) is 20.8 Å². The first-order valence-electron chi connectivity index (χ1n) is 10.1. The molecule has 0 saturated carbocycles. The highest BCUT2D eigenvalue weighted by Crippen LogP contribution is 2.25. The molecule has 2 aromatic carbocycles. The van der Waals surface area contributed by atoms with Crippen LogP contribution in [0.25, 0.3) is 0 Å². The number of thioether (sulfide) groups is 1. The second kappa shape index (κ2) is 11.4. The van der Waals surface area contributed by atoms with E-state index in [1.165, 1.54) is 21.7 Å². The van der Waals surface area contributed by atoms with Gasteiger partial charge >= 0.3 is 0 Å². The van der Waals surface area contributed by atoms with Crippen molar-refractivity contribution in [1.29, 1.82) is 0 Å². The molecule has 0 bridgehead atoms. The van der Waals surface area contributed by atoms with Crippen LogP contribution in [0.4, 0.5) is 5.69 Å². The van der Waals surface area contributed by atoms with Gasteiger partial charge in [0.15, 0.2) is 0 Å².